The second kappa shape index (κ2) is 33.5. The van der Waals surface area contributed by atoms with Gasteiger partial charge in [0.1, 0.15) is 64.6 Å². The summed E-state index contributed by atoms with van der Waals surface area (Å²) >= 11 is 3.51. The number of aromatic amines is 4. The van der Waals surface area contributed by atoms with Crippen LogP contribution in [0.5, 0.6) is 11.5 Å². The minimum absolute atomic E-state index is 0.0806. The number of ether oxygens (including phenoxy) is 6. The van der Waals surface area contributed by atoms with Crippen molar-refractivity contribution in [2.75, 3.05) is 41.0 Å². The highest BCUT2D eigenvalue weighted by molar-refractivity contribution is 7.12. The van der Waals surface area contributed by atoms with Gasteiger partial charge in [0.05, 0.1) is 142 Å². The summed E-state index contributed by atoms with van der Waals surface area (Å²) in [6.45, 7) is 13.1. The highest BCUT2D eigenvalue weighted by Crippen LogP contribution is 2.57. The molecule has 6 amide bonds. The predicted octanol–water partition coefficient (Wildman–Crippen LogP) is 18.3. The number of H-pyrrole nitrogens is 4. The summed E-state index contributed by atoms with van der Waals surface area (Å²) in [6.07, 6.45) is 17.1. The van der Waals surface area contributed by atoms with Crippen LogP contribution in [0.2, 0.25) is 0 Å². The minimum atomic E-state index is -0.771. The number of piperidine rings is 2. The topological polar surface area (TPSA) is 340 Å². The molecular weight excluding hydrogens is 1720 g/mol. The van der Waals surface area contributed by atoms with Gasteiger partial charge in [-0.3, -0.25) is 23.5 Å². The Kier molecular flexibility index (Phi) is 21.7. The molecule has 33 heteroatoms. The fourth-order valence-corrected chi connectivity index (χ4v) is 24.0. The zero-order valence-electron chi connectivity index (χ0n) is 75.0. The molecule has 9 fully saturated rings. The minimum Gasteiger partial charge on any atom is -0.464 e. The van der Waals surface area contributed by atoms with Gasteiger partial charge in [-0.05, 0) is 230 Å². The van der Waals surface area contributed by atoms with Crippen LogP contribution in [-0.2, 0) is 33.3 Å². The number of benzene rings is 4. The number of rotatable bonds is 21. The van der Waals surface area contributed by atoms with Crippen LogP contribution in [0.1, 0.15) is 223 Å². The maximum Gasteiger partial charge on any atom is 0.407 e. The standard InChI is InChI=1S/C55H62FN9O8S.C44H45FN8O4S/c1-27(2)46(61-53(68)70-5)50(66)63-16-7-8-38(63)48-57-26-36(60-48)31-19-34(56)45-40-21-32-18-29(11-12-37(32)65(40)52(73-42(45)23-31)44-14-13-43(74-44)28-9-10-28)35-25-58-49(59-35)41-22-33-20-39(33)64(41)51(67)47(62-54(69)71-6)30-15-17-72-55(3,4)24-30;1-21(2)39(51-44(55)56-3)42(54)52-12-4-5-33(52)41-47-20-31(50-41)24-14-27(45)38-34-17-26-13-23(30-19-46-40(49-30)29-16-25-15-28(25)48-29)8-9-32(26)53(34)43(57-35(38)18-24)37-11-10-36(58-37)22-6-7-22/h11-14,18-19,21,23,25-28,30,33,38-39,41,46-47,52H,7-10,15-17,20,22,24H2,1-6H3,(H,57,60)(H,58,59)(H,61,68)(H,62,69);8-11,13-14,17-22,25,28-29,33,39,43,48H,4-7,12,15-16H2,1-3H3,(H,46,49)(H,47,50)(H,51,55)/t30?,33-,38+,39-,41+,46+,47?,52?;25-,28-,29+,33+,39+,43?/m11/s1. The number of likely N-dealkylation sites (tertiary alicyclic amines) is 3. The number of alkyl carbamates (subject to hydrolysis) is 3. The largest absolute Gasteiger partial charge is 0.464 e. The molecule has 4 saturated carbocycles. The molecule has 23 rings (SSSR count). The van der Waals surface area contributed by atoms with Crippen LogP contribution >= 0.6 is 22.7 Å². The van der Waals surface area contributed by atoms with E-state index in [1.807, 2.05) is 83.1 Å². The third kappa shape index (κ3) is 15.7. The summed E-state index contributed by atoms with van der Waals surface area (Å²) in [5.74, 6) is 4.21. The Morgan fingerprint density at radius 3 is 1.42 bits per heavy atom. The lowest BCUT2D eigenvalue weighted by Crippen LogP contribution is -2.55. The van der Waals surface area contributed by atoms with Crippen molar-refractivity contribution in [3.8, 4) is 79.0 Å². The summed E-state index contributed by atoms with van der Waals surface area (Å²) in [5, 5.41) is 13.9. The highest BCUT2D eigenvalue weighted by Gasteiger charge is 2.58. The number of aromatic nitrogens is 10. The normalized spacial score (nSPS) is 24.1. The van der Waals surface area contributed by atoms with Gasteiger partial charge in [-0.15, -0.1) is 22.7 Å². The molecule has 4 aromatic carbocycles. The number of hydrogen-bond acceptors (Lipinski definition) is 19. The van der Waals surface area contributed by atoms with E-state index < -0.39 is 66.1 Å². The fourth-order valence-electron chi connectivity index (χ4n) is 21.6. The maximum absolute atomic E-state index is 17.0. The van der Waals surface area contributed by atoms with E-state index in [0.717, 1.165) is 104 Å². The number of amides is 6. The number of methoxy groups -OCH3 is 3. The Morgan fingerprint density at radius 1 is 0.500 bits per heavy atom. The number of hydrogen-bond donors (Lipinski definition) is 8. The van der Waals surface area contributed by atoms with Gasteiger partial charge in [-0.1, -0.05) is 39.8 Å². The molecule has 686 valence electrons. The Morgan fingerprint density at radius 2 is 0.962 bits per heavy atom. The van der Waals surface area contributed by atoms with Gasteiger partial charge in [0, 0.05) is 74.6 Å². The Labute approximate surface area is 768 Å². The Balaban J connectivity index is 0.000000159. The zero-order valence-corrected chi connectivity index (χ0v) is 76.6. The molecule has 11 aliphatic rings. The zero-order chi connectivity index (χ0) is 90.7. The molecule has 0 bridgehead atoms. The molecule has 0 spiro atoms. The lowest BCUT2D eigenvalue weighted by Gasteiger charge is -2.40. The van der Waals surface area contributed by atoms with Crippen molar-refractivity contribution >= 4 is 80.5 Å². The van der Waals surface area contributed by atoms with E-state index in [9.17, 15) is 28.8 Å². The second-order valence-corrected chi connectivity index (χ2v) is 41.2. The summed E-state index contributed by atoms with van der Waals surface area (Å²) in [6, 6.07) is 29.9. The molecular formula is C99H107F2N17O12S2. The van der Waals surface area contributed by atoms with Crippen LogP contribution in [-0.4, -0.2) is 177 Å². The molecule has 15 heterocycles. The van der Waals surface area contributed by atoms with Crippen molar-refractivity contribution in [3.63, 3.8) is 0 Å². The third-order valence-electron chi connectivity index (χ3n) is 28.9. The first kappa shape index (κ1) is 85.3. The Bertz CT molecular complexity index is 6550. The van der Waals surface area contributed by atoms with Gasteiger partial charge in [0.2, 0.25) is 30.2 Å². The molecule has 14 atom stereocenters. The SMILES string of the molecule is COC(=O)NC(C(=O)N1[C@@H]2C[C@@H]2C[C@H]1c1ncc(-c2ccc3c(c2)cc2n3C(c3ccc(C4CC4)s3)Oc3cc(-c4cnc([C@@H]5CCCN5C(=O)[C@@H](NC(=O)OC)C(C)C)[nH]4)cc(F)c3-2)[nH]1)C1CCOC(C)(C)C1.COC(=O)N[C@H](C(=O)N1CCC[C@H]1c1ncc(-c2cc(F)c3c(c2)OC(c2ccc(C4CC4)s2)n2c-3cc3cc(-c4cnc([C@@H]5C[C@H]6C[C@H]6N5)[nH]4)ccc32)[nH]1)C(C)C. The first-order valence-electron chi connectivity index (χ1n) is 46.4. The highest BCUT2D eigenvalue weighted by atomic mass is 32.1. The number of nitrogens with one attached hydrogen (secondary N) is 8. The van der Waals surface area contributed by atoms with Crippen molar-refractivity contribution in [1.82, 2.24) is 85.0 Å². The summed E-state index contributed by atoms with van der Waals surface area (Å²) < 4.78 is 72.4. The number of nitrogens with zero attached hydrogens (tertiary/aromatic N) is 9. The summed E-state index contributed by atoms with van der Waals surface area (Å²) in [5.41, 5.74) is 9.63. The van der Waals surface area contributed by atoms with Crippen LogP contribution < -0.4 is 30.7 Å². The number of fused-ring (bicyclic) bond motifs is 12. The molecule has 29 nitrogen and oxygen atoms in total. The number of carbonyl (C=O) groups excluding carboxylic acids is 6. The predicted molar refractivity (Wildman–Crippen MR) is 491 cm³/mol. The van der Waals surface area contributed by atoms with Gasteiger partial charge >= 0.3 is 18.3 Å². The lowest BCUT2D eigenvalue weighted by molar-refractivity contribution is -0.140. The van der Waals surface area contributed by atoms with E-state index in [1.165, 1.54) is 75.3 Å². The molecule has 5 saturated heterocycles. The van der Waals surface area contributed by atoms with Crippen molar-refractivity contribution in [3.05, 3.63) is 176 Å². The Hall–Kier alpha value is -12.2. The first-order valence-corrected chi connectivity index (χ1v) is 48.1. The number of carbonyl (C=O) groups is 6. The molecule has 4 aliphatic carbocycles. The van der Waals surface area contributed by atoms with Crippen LogP contribution in [0.3, 0.4) is 0 Å². The van der Waals surface area contributed by atoms with Gasteiger partial charge in [0.15, 0.2) is 0 Å². The molecule has 12 aromatic rings. The van der Waals surface area contributed by atoms with Crippen molar-refractivity contribution in [2.24, 2.45) is 29.6 Å². The van der Waals surface area contributed by atoms with Crippen molar-refractivity contribution in [2.45, 2.75) is 216 Å². The summed E-state index contributed by atoms with van der Waals surface area (Å²) in [7, 11) is 3.87. The van der Waals surface area contributed by atoms with Gasteiger partial charge in [-0.2, -0.15) is 0 Å². The third-order valence-corrected chi connectivity index (χ3v) is 31.5. The monoisotopic (exact) mass is 1830 g/mol. The average Bonchev–Trinajstić information content (AvgIpc) is 1.56. The quantitative estimate of drug-likeness (QED) is 0.0310. The van der Waals surface area contributed by atoms with Crippen LogP contribution in [0.15, 0.2) is 122 Å². The smallest absolute Gasteiger partial charge is 0.407 e. The molecule has 0 radical (unpaired) electrons. The molecule has 8 aromatic heterocycles. The number of halogens is 2. The molecule has 7 aliphatic heterocycles. The van der Waals surface area contributed by atoms with E-state index in [-0.39, 0.29) is 65.7 Å². The van der Waals surface area contributed by atoms with Crippen molar-refractivity contribution in [1.29, 1.82) is 0 Å². The van der Waals surface area contributed by atoms with E-state index >= 15 is 8.78 Å². The van der Waals surface area contributed by atoms with E-state index in [1.54, 1.807) is 44.9 Å². The van der Waals surface area contributed by atoms with Crippen molar-refractivity contribution < 1.29 is 66.0 Å². The number of thiophene rings is 2. The average molecular weight is 1830 g/mol. The fraction of sp³-hybridized carbons (Fsp3) is 0.455. The van der Waals surface area contributed by atoms with Crippen LogP contribution in [0, 0.1) is 41.2 Å². The molecule has 8 N–H and O–H groups in total. The van der Waals surface area contributed by atoms with Gasteiger partial charge in [-0.25, -0.2) is 43.1 Å². The van der Waals surface area contributed by atoms with Gasteiger partial charge in [0.25, 0.3) is 0 Å². The summed E-state index contributed by atoms with van der Waals surface area (Å²) in [4.78, 5) is 122. The van der Waals surface area contributed by atoms with Gasteiger partial charge < -0.3 is 84.3 Å². The van der Waals surface area contributed by atoms with E-state index in [2.05, 4.69) is 111 Å². The van der Waals surface area contributed by atoms with Crippen LogP contribution in [0.4, 0.5) is 23.2 Å². The van der Waals surface area contributed by atoms with Crippen LogP contribution in [0.25, 0.3) is 89.4 Å². The first-order chi connectivity index (χ1) is 63.9. The molecule has 4 unspecified atom stereocenters. The number of imidazole rings is 4. The van der Waals surface area contributed by atoms with E-state index in [0.29, 0.717) is 137 Å². The molecule has 132 heavy (non-hydrogen) atoms. The lowest BCUT2D eigenvalue weighted by atomic mass is 9.82. The van der Waals surface area contributed by atoms with E-state index in [4.69, 9.17) is 48.4 Å². The second-order valence-electron chi connectivity index (χ2n) is 38.9. The maximum atomic E-state index is 17.0.